The average molecular weight is 1020 g/mol. The maximum atomic E-state index is 13.0. The van der Waals surface area contributed by atoms with E-state index in [9.17, 15) is 45.3 Å². The van der Waals surface area contributed by atoms with Gasteiger partial charge in [0.2, 0.25) is 0 Å². The Hall–Kier alpha value is -2.02. The Morgan fingerprint density at radius 2 is 0.831 bits per heavy atom. The van der Waals surface area contributed by atoms with Crippen LogP contribution in [0.15, 0.2) is 24.3 Å². The molecule has 2 aliphatic rings. The van der Waals surface area contributed by atoms with E-state index in [2.05, 4.69) is 38.2 Å². The van der Waals surface area contributed by atoms with Crippen LogP contribution < -0.4 is 0 Å². The summed E-state index contributed by atoms with van der Waals surface area (Å²) in [6, 6.07) is 0. The molecule has 0 aromatic rings. The van der Waals surface area contributed by atoms with Gasteiger partial charge in [0.25, 0.3) is 0 Å². The van der Waals surface area contributed by atoms with Gasteiger partial charge in [0.15, 0.2) is 18.7 Å². The molecule has 15 nitrogen and oxygen atoms in total. The smallest absolute Gasteiger partial charge is 0.306 e. The molecule has 2 fully saturated rings. The number of hydrogen-bond donors (Lipinski definition) is 7. The number of rotatable bonds is 45. The predicted molar refractivity (Wildman–Crippen MR) is 275 cm³/mol. The van der Waals surface area contributed by atoms with Crippen LogP contribution in [0.25, 0.3) is 0 Å². The van der Waals surface area contributed by atoms with Crippen LogP contribution in [0, 0.1) is 0 Å². The normalized spacial score (nSPS) is 25.3. The number of unbranched alkanes of at least 4 members (excludes halogenated alkanes) is 27. The van der Waals surface area contributed by atoms with E-state index in [-0.39, 0.29) is 26.1 Å². The highest BCUT2D eigenvalue weighted by Crippen LogP contribution is 2.27. The van der Waals surface area contributed by atoms with Gasteiger partial charge in [-0.05, 0) is 44.9 Å². The third kappa shape index (κ3) is 30.8. The second-order valence-electron chi connectivity index (χ2n) is 20.1. The molecule has 2 rings (SSSR count). The van der Waals surface area contributed by atoms with E-state index in [4.69, 9.17) is 28.4 Å². The lowest BCUT2D eigenvalue weighted by atomic mass is 9.98. The number of hydrogen-bond acceptors (Lipinski definition) is 15. The molecule has 2 aliphatic heterocycles. The topological polar surface area (TPSA) is 231 Å². The molecule has 0 aromatic carbocycles. The van der Waals surface area contributed by atoms with Crippen molar-refractivity contribution in [3.8, 4) is 0 Å². The SMILES string of the molecule is CCCCCCCCCCCCCCCC/C=C/CC/C=C/CCCC(=O)OC[C@@H](CO[C@@H]1O[C@H](CO[C@@H]2O[C@H](CO)[C@H](O)C(O)C2O)[C@H](O)C(O)C1O)OC(=O)CCCCCCCCCCCCCC. The zero-order valence-corrected chi connectivity index (χ0v) is 44.2. The lowest BCUT2D eigenvalue weighted by Crippen LogP contribution is -2.61. The van der Waals surface area contributed by atoms with Crippen LogP contribution in [-0.4, -0.2) is 142 Å². The quantitative estimate of drug-likeness (QED) is 0.0171. The molecule has 71 heavy (non-hydrogen) atoms. The Morgan fingerprint density at radius 1 is 0.437 bits per heavy atom. The van der Waals surface area contributed by atoms with E-state index in [1.165, 1.54) is 141 Å². The van der Waals surface area contributed by atoms with Gasteiger partial charge >= 0.3 is 11.9 Å². The van der Waals surface area contributed by atoms with Crippen LogP contribution in [0.1, 0.15) is 226 Å². The van der Waals surface area contributed by atoms with Gasteiger partial charge in [-0.2, -0.15) is 0 Å². The minimum atomic E-state index is -1.77. The molecule has 0 aromatic heterocycles. The van der Waals surface area contributed by atoms with Crippen molar-refractivity contribution in [2.45, 2.75) is 293 Å². The number of aliphatic hydroxyl groups excluding tert-OH is 7. The van der Waals surface area contributed by atoms with Gasteiger partial charge in [-0.15, -0.1) is 0 Å². The minimum Gasteiger partial charge on any atom is -0.462 e. The Morgan fingerprint density at radius 3 is 1.32 bits per heavy atom. The largest absolute Gasteiger partial charge is 0.462 e. The van der Waals surface area contributed by atoms with Gasteiger partial charge in [-0.1, -0.05) is 192 Å². The molecule has 0 aliphatic carbocycles. The van der Waals surface area contributed by atoms with Gasteiger partial charge < -0.3 is 64.2 Å². The maximum Gasteiger partial charge on any atom is 0.306 e. The van der Waals surface area contributed by atoms with Gasteiger partial charge in [0, 0.05) is 12.8 Å². The van der Waals surface area contributed by atoms with Crippen molar-refractivity contribution in [1.29, 1.82) is 0 Å². The summed E-state index contributed by atoms with van der Waals surface area (Å²) >= 11 is 0. The summed E-state index contributed by atoms with van der Waals surface area (Å²) in [4.78, 5) is 25.8. The van der Waals surface area contributed by atoms with Crippen LogP contribution in [0.4, 0.5) is 0 Å². The molecule has 0 bridgehead atoms. The molecule has 416 valence electrons. The standard InChI is InChI=1S/C56H102O15/c1-3-5-7-9-11-13-15-17-18-19-20-21-22-23-24-25-26-27-29-30-32-34-36-38-47(58)66-41-44(69-48(59)39-37-35-33-31-28-16-14-12-10-8-6-4-2)42-67-55-54(65)52(63)50(61)46(71-55)43-68-56-53(64)51(62)49(60)45(40-57)70-56/h25-26,30,32,44-46,49-57,60-65H,3-24,27-29,31,33-43H2,1-2H3/b26-25+,32-30+/t44-,45+,46+,49-,50-,51?,52?,53?,54?,55+,56+/m0/s1. The molecule has 0 saturated carbocycles. The summed E-state index contributed by atoms with van der Waals surface area (Å²) in [5, 5.41) is 72.1. The Kier molecular flexibility index (Phi) is 39.6. The van der Waals surface area contributed by atoms with Gasteiger partial charge in [-0.3, -0.25) is 9.59 Å². The molecule has 0 radical (unpaired) electrons. The van der Waals surface area contributed by atoms with E-state index in [0.717, 1.165) is 38.5 Å². The second-order valence-corrected chi connectivity index (χ2v) is 20.1. The zero-order chi connectivity index (χ0) is 51.7. The molecule has 0 amide bonds. The van der Waals surface area contributed by atoms with Crippen LogP contribution in [0.3, 0.4) is 0 Å². The molecular weight excluding hydrogens is 913 g/mol. The third-order valence-electron chi connectivity index (χ3n) is 13.7. The van der Waals surface area contributed by atoms with Crippen molar-refractivity contribution in [3.05, 3.63) is 24.3 Å². The summed E-state index contributed by atoms with van der Waals surface area (Å²) in [5.74, 6) is -0.965. The number of ether oxygens (including phenoxy) is 6. The number of esters is 2. The first kappa shape index (κ1) is 65.1. The molecule has 15 heteroatoms. The predicted octanol–water partition coefficient (Wildman–Crippen LogP) is 9.11. The first-order chi connectivity index (χ1) is 34.5. The lowest BCUT2D eigenvalue weighted by Gasteiger charge is -2.42. The highest BCUT2D eigenvalue weighted by Gasteiger charge is 2.47. The van der Waals surface area contributed by atoms with E-state index in [1.807, 2.05) is 0 Å². The van der Waals surface area contributed by atoms with Crippen molar-refractivity contribution < 1.29 is 73.8 Å². The first-order valence-corrected chi connectivity index (χ1v) is 28.4. The van der Waals surface area contributed by atoms with E-state index < -0.39 is 92.7 Å². The van der Waals surface area contributed by atoms with Crippen LogP contribution in [0.5, 0.6) is 0 Å². The van der Waals surface area contributed by atoms with Gasteiger partial charge in [-0.25, -0.2) is 0 Å². The van der Waals surface area contributed by atoms with Crippen molar-refractivity contribution >= 4 is 11.9 Å². The third-order valence-corrected chi connectivity index (χ3v) is 13.7. The minimum absolute atomic E-state index is 0.161. The van der Waals surface area contributed by atoms with E-state index in [1.54, 1.807) is 0 Å². The van der Waals surface area contributed by atoms with Crippen molar-refractivity contribution in [3.63, 3.8) is 0 Å². The van der Waals surface area contributed by atoms with Crippen molar-refractivity contribution in [2.75, 3.05) is 26.4 Å². The fourth-order valence-corrected chi connectivity index (χ4v) is 9.00. The molecule has 2 heterocycles. The summed E-state index contributed by atoms with van der Waals surface area (Å²) < 4.78 is 33.6. The highest BCUT2D eigenvalue weighted by molar-refractivity contribution is 5.70. The number of carbonyl (C=O) groups excluding carboxylic acids is 2. The summed E-state index contributed by atoms with van der Waals surface area (Å²) in [6.45, 7) is 2.58. The highest BCUT2D eigenvalue weighted by atomic mass is 16.7. The Labute approximate surface area is 428 Å². The van der Waals surface area contributed by atoms with Gasteiger partial charge in [0.1, 0.15) is 55.4 Å². The van der Waals surface area contributed by atoms with E-state index >= 15 is 0 Å². The summed E-state index contributed by atoms with van der Waals surface area (Å²) in [6.07, 6.45) is 29.4. The lowest BCUT2D eigenvalue weighted by molar-refractivity contribution is -0.332. The Balaban J connectivity index is 1.74. The molecule has 7 N–H and O–H groups in total. The monoisotopic (exact) mass is 1010 g/mol. The van der Waals surface area contributed by atoms with Crippen molar-refractivity contribution in [2.24, 2.45) is 0 Å². The van der Waals surface area contributed by atoms with Crippen LogP contribution in [0.2, 0.25) is 0 Å². The molecule has 4 unspecified atom stereocenters. The summed E-state index contributed by atoms with van der Waals surface area (Å²) in [7, 11) is 0. The van der Waals surface area contributed by atoms with E-state index in [0.29, 0.717) is 19.3 Å². The van der Waals surface area contributed by atoms with Crippen LogP contribution >= 0.6 is 0 Å². The molecule has 2 saturated heterocycles. The zero-order valence-electron chi connectivity index (χ0n) is 44.2. The fraction of sp³-hybridized carbons (Fsp3) is 0.893. The molecule has 0 spiro atoms. The average Bonchev–Trinajstić information content (AvgIpc) is 3.36. The number of carbonyl (C=O) groups is 2. The summed E-state index contributed by atoms with van der Waals surface area (Å²) in [5.41, 5.74) is 0. The number of aliphatic hydroxyl groups is 7. The van der Waals surface area contributed by atoms with Crippen LogP contribution in [-0.2, 0) is 38.0 Å². The number of allylic oxidation sites excluding steroid dienone is 4. The second kappa shape index (κ2) is 43.2. The fourth-order valence-electron chi connectivity index (χ4n) is 9.00. The van der Waals surface area contributed by atoms with Gasteiger partial charge in [0.05, 0.1) is 19.8 Å². The molecule has 11 atom stereocenters. The Bertz CT molecular complexity index is 1330. The van der Waals surface area contributed by atoms with Crippen molar-refractivity contribution in [1.82, 2.24) is 0 Å². The first-order valence-electron chi connectivity index (χ1n) is 28.4. The maximum absolute atomic E-state index is 13.0. The molecular formula is C56H102O15.